The fourth-order valence-electron chi connectivity index (χ4n) is 2.23. The highest BCUT2D eigenvalue weighted by Crippen LogP contribution is 2.23. The average molecular weight is 292 g/mol. The second-order valence-electron chi connectivity index (χ2n) is 6.47. The maximum absolute atomic E-state index is 12.0. The lowest BCUT2D eigenvalue weighted by atomic mass is 10.2. The fourth-order valence-corrected chi connectivity index (χ4v) is 2.23. The zero-order valence-corrected chi connectivity index (χ0v) is 13.2. The predicted octanol–water partition coefficient (Wildman–Crippen LogP) is 2.97. The lowest BCUT2D eigenvalue weighted by molar-refractivity contribution is 0.0275. The molecule has 1 amide bonds. The molecule has 1 atom stereocenters. The number of amides is 1. The van der Waals surface area contributed by atoms with Crippen LogP contribution in [-0.2, 0) is 4.74 Å². The van der Waals surface area contributed by atoms with Gasteiger partial charge in [-0.25, -0.2) is 4.79 Å². The lowest BCUT2D eigenvalue weighted by Crippen LogP contribution is -2.36. The van der Waals surface area contributed by atoms with Gasteiger partial charge in [0.15, 0.2) is 0 Å². The first-order valence-electron chi connectivity index (χ1n) is 7.25. The maximum atomic E-state index is 12.0. The summed E-state index contributed by atoms with van der Waals surface area (Å²) in [6, 6.07) is 5.62. The van der Waals surface area contributed by atoms with Gasteiger partial charge in [0.05, 0.1) is 6.54 Å². The Morgan fingerprint density at radius 1 is 1.38 bits per heavy atom. The van der Waals surface area contributed by atoms with E-state index in [1.54, 1.807) is 4.90 Å². The van der Waals surface area contributed by atoms with E-state index in [1.165, 1.54) is 0 Å². The number of anilines is 1. The Morgan fingerprint density at radius 2 is 2.10 bits per heavy atom. The van der Waals surface area contributed by atoms with Crippen molar-refractivity contribution in [2.75, 3.05) is 18.8 Å². The highest BCUT2D eigenvalue weighted by molar-refractivity contribution is 5.68. The summed E-state index contributed by atoms with van der Waals surface area (Å²) in [5.74, 6) is 0.790. The van der Waals surface area contributed by atoms with Crippen LogP contribution in [-0.4, -0.2) is 35.8 Å². The number of nitrogen functional groups attached to an aromatic ring is 1. The number of ether oxygens (including phenoxy) is 2. The highest BCUT2D eigenvalue weighted by Gasteiger charge is 2.30. The minimum atomic E-state index is -0.468. The Bertz CT molecular complexity index is 523. The Balaban J connectivity index is 1.90. The first-order chi connectivity index (χ1) is 9.74. The second kappa shape index (κ2) is 5.84. The minimum absolute atomic E-state index is 0.000503. The van der Waals surface area contributed by atoms with Gasteiger partial charge in [0.1, 0.15) is 17.5 Å². The van der Waals surface area contributed by atoms with Crippen LogP contribution in [0.5, 0.6) is 5.75 Å². The number of rotatable bonds is 2. The number of benzene rings is 1. The molecular weight excluding hydrogens is 268 g/mol. The van der Waals surface area contributed by atoms with Crippen molar-refractivity contribution in [3.05, 3.63) is 23.8 Å². The normalized spacial score (nSPS) is 18.7. The number of nitrogens with zero attached hydrogens (tertiary/aromatic N) is 1. The van der Waals surface area contributed by atoms with Gasteiger partial charge in [-0.05, 0) is 51.5 Å². The summed E-state index contributed by atoms with van der Waals surface area (Å²) in [4.78, 5) is 13.7. The van der Waals surface area contributed by atoms with Crippen LogP contribution in [0.15, 0.2) is 18.2 Å². The van der Waals surface area contributed by atoms with Gasteiger partial charge in [0.25, 0.3) is 0 Å². The molecule has 1 saturated heterocycles. The summed E-state index contributed by atoms with van der Waals surface area (Å²) in [5.41, 5.74) is 7.07. The predicted molar refractivity (Wildman–Crippen MR) is 82.4 cm³/mol. The van der Waals surface area contributed by atoms with Crippen molar-refractivity contribution in [1.29, 1.82) is 0 Å². The van der Waals surface area contributed by atoms with E-state index in [1.807, 2.05) is 45.9 Å². The molecule has 0 bridgehead atoms. The first-order valence-corrected chi connectivity index (χ1v) is 7.25. The van der Waals surface area contributed by atoms with E-state index in [2.05, 4.69) is 0 Å². The molecule has 0 radical (unpaired) electrons. The summed E-state index contributed by atoms with van der Waals surface area (Å²) in [7, 11) is 0. The molecule has 1 aromatic carbocycles. The topological polar surface area (TPSA) is 64.8 Å². The van der Waals surface area contributed by atoms with Crippen molar-refractivity contribution >= 4 is 11.8 Å². The van der Waals surface area contributed by atoms with Crippen LogP contribution in [0.4, 0.5) is 10.5 Å². The van der Waals surface area contributed by atoms with E-state index >= 15 is 0 Å². The number of hydrogen-bond acceptors (Lipinski definition) is 4. The van der Waals surface area contributed by atoms with Gasteiger partial charge in [-0.1, -0.05) is 0 Å². The third-order valence-electron chi connectivity index (χ3n) is 3.34. The van der Waals surface area contributed by atoms with Crippen LogP contribution in [0, 0.1) is 6.92 Å². The standard InChI is InChI=1S/C16H24N2O3/c1-11-9-12(5-6-14(11)17)20-13-7-8-18(10-13)15(19)21-16(2,3)4/h5-6,9,13H,7-8,10,17H2,1-4H3. The molecular formula is C16H24N2O3. The molecule has 1 fully saturated rings. The number of hydrogen-bond donors (Lipinski definition) is 1. The number of aryl methyl sites for hydroxylation is 1. The van der Waals surface area contributed by atoms with Gasteiger partial charge in [-0.15, -0.1) is 0 Å². The van der Waals surface area contributed by atoms with Crippen LogP contribution in [0.3, 0.4) is 0 Å². The monoisotopic (exact) mass is 292 g/mol. The number of carbonyl (C=O) groups is 1. The molecule has 1 unspecified atom stereocenters. The fraction of sp³-hybridized carbons (Fsp3) is 0.562. The van der Waals surface area contributed by atoms with Crippen LogP contribution < -0.4 is 10.5 Å². The Hall–Kier alpha value is -1.91. The van der Waals surface area contributed by atoms with Gasteiger partial charge >= 0.3 is 6.09 Å². The molecule has 5 heteroatoms. The summed E-state index contributed by atoms with van der Waals surface area (Å²) in [5, 5.41) is 0. The smallest absolute Gasteiger partial charge is 0.410 e. The zero-order chi connectivity index (χ0) is 15.6. The average Bonchev–Trinajstić information content (AvgIpc) is 2.80. The van der Waals surface area contributed by atoms with Gasteiger partial charge in [0.2, 0.25) is 0 Å². The molecule has 0 aliphatic carbocycles. The SMILES string of the molecule is Cc1cc(OC2CCN(C(=O)OC(C)(C)C)C2)ccc1N. The van der Waals surface area contributed by atoms with E-state index in [9.17, 15) is 4.79 Å². The highest BCUT2D eigenvalue weighted by atomic mass is 16.6. The zero-order valence-electron chi connectivity index (χ0n) is 13.2. The molecule has 2 rings (SSSR count). The maximum Gasteiger partial charge on any atom is 0.410 e. The summed E-state index contributed by atoms with van der Waals surface area (Å²) in [6.45, 7) is 8.76. The lowest BCUT2D eigenvalue weighted by Gasteiger charge is -2.24. The van der Waals surface area contributed by atoms with Gasteiger partial charge < -0.3 is 20.1 Å². The van der Waals surface area contributed by atoms with Crippen LogP contribution in [0.1, 0.15) is 32.8 Å². The Kier molecular flexibility index (Phi) is 4.30. The molecule has 1 aromatic rings. The van der Waals surface area contributed by atoms with Crippen molar-refractivity contribution in [1.82, 2.24) is 4.90 Å². The van der Waals surface area contributed by atoms with E-state index in [0.717, 1.165) is 23.4 Å². The molecule has 0 aromatic heterocycles. The molecule has 1 heterocycles. The minimum Gasteiger partial charge on any atom is -0.489 e. The van der Waals surface area contributed by atoms with Crippen LogP contribution >= 0.6 is 0 Å². The first kappa shape index (κ1) is 15.5. The molecule has 1 aliphatic rings. The van der Waals surface area contributed by atoms with Crippen molar-refractivity contribution < 1.29 is 14.3 Å². The summed E-state index contributed by atoms with van der Waals surface area (Å²) >= 11 is 0. The molecule has 116 valence electrons. The molecule has 21 heavy (non-hydrogen) atoms. The van der Waals surface area contributed by atoms with E-state index in [4.69, 9.17) is 15.2 Å². The van der Waals surface area contributed by atoms with Crippen molar-refractivity contribution in [2.45, 2.75) is 45.8 Å². The van der Waals surface area contributed by atoms with Crippen molar-refractivity contribution in [3.8, 4) is 5.75 Å². The van der Waals surface area contributed by atoms with Gasteiger partial charge in [-0.3, -0.25) is 0 Å². The Labute approximate surface area is 126 Å². The number of nitrogens with two attached hydrogens (primary N) is 1. The molecule has 2 N–H and O–H groups in total. The number of carbonyl (C=O) groups excluding carboxylic acids is 1. The van der Waals surface area contributed by atoms with Crippen molar-refractivity contribution in [3.63, 3.8) is 0 Å². The summed E-state index contributed by atoms with van der Waals surface area (Å²) in [6.07, 6.45) is 0.533. The van der Waals surface area contributed by atoms with Crippen molar-refractivity contribution in [2.24, 2.45) is 0 Å². The molecule has 5 nitrogen and oxygen atoms in total. The third kappa shape index (κ3) is 4.28. The van der Waals surface area contributed by atoms with Crippen LogP contribution in [0.2, 0.25) is 0 Å². The van der Waals surface area contributed by atoms with E-state index < -0.39 is 5.60 Å². The van der Waals surface area contributed by atoms with Gasteiger partial charge in [-0.2, -0.15) is 0 Å². The second-order valence-corrected chi connectivity index (χ2v) is 6.47. The van der Waals surface area contributed by atoms with Crippen LogP contribution in [0.25, 0.3) is 0 Å². The largest absolute Gasteiger partial charge is 0.489 e. The molecule has 0 spiro atoms. The molecule has 0 saturated carbocycles. The summed E-state index contributed by atoms with van der Waals surface area (Å²) < 4.78 is 11.3. The van der Waals surface area contributed by atoms with E-state index in [0.29, 0.717) is 13.1 Å². The quantitative estimate of drug-likeness (QED) is 0.851. The number of likely N-dealkylation sites (tertiary alicyclic amines) is 1. The molecule has 1 aliphatic heterocycles. The van der Waals surface area contributed by atoms with Gasteiger partial charge in [0, 0.05) is 18.7 Å². The Morgan fingerprint density at radius 3 is 2.71 bits per heavy atom. The third-order valence-corrected chi connectivity index (χ3v) is 3.34. The van der Waals surface area contributed by atoms with E-state index in [-0.39, 0.29) is 12.2 Å².